The third-order valence-electron chi connectivity index (χ3n) is 5.91. The van der Waals surface area contributed by atoms with E-state index >= 15 is 0 Å². The van der Waals surface area contributed by atoms with Crippen molar-refractivity contribution in [2.24, 2.45) is 0 Å². The van der Waals surface area contributed by atoms with Gasteiger partial charge in [0.1, 0.15) is 0 Å². The van der Waals surface area contributed by atoms with Crippen LogP contribution in [-0.2, 0) is 9.49 Å². The summed E-state index contributed by atoms with van der Waals surface area (Å²) in [5.41, 5.74) is 3.04. The van der Waals surface area contributed by atoms with Gasteiger partial charge in [0.05, 0.1) is 0 Å². The molecule has 0 atom stereocenters. The molecule has 0 nitrogen and oxygen atoms in total. The summed E-state index contributed by atoms with van der Waals surface area (Å²) in [7, 11) is 0. The standard InChI is InChI=1S/C22H24Br2S/c23-19-9-5-7-17(15-19)21(11-1-2-12-21)25-22(13-3-4-14-22)18-8-6-10-20(24)16-18/h5-10,15-16H,1-4,11-14H2. The largest absolute Gasteiger partial charge is 0.139 e. The van der Waals surface area contributed by atoms with E-state index in [0.29, 0.717) is 0 Å². The van der Waals surface area contributed by atoms with Gasteiger partial charge >= 0.3 is 0 Å². The zero-order valence-electron chi connectivity index (χ0n) is 14.4. The monoisotopic (exact) mass is 478 g/mol. The summed E-state index contributed by atoms with van der Waals surface area (Å²) in [6.07, 6.45) is 10.7. The maximum Gasteiger partial charge on any atom is 0.0417 e. The summed E-state index contributed by atoms with van der Waals surface area (Å²) in [4.78, 5) is 0. The van der Waals surface area contributed by atoms with Gasteiger partial charge in [-0.1, -0.05) is 81.8 Å². The minimum Gasteiger partial charge on any atom is -0.139 e. The Labute approximate surface area is 172 Å². The maximum atomic E-state index is 3.70. The summed E-state index contributed by atoms with van der Waals surface area (Å²) in [6.45, 7) is 0. The second-order valence-electron chi connectivity index (χ2n) is 7.53. The maximum absolute atomic E-state index is 3.70. The molecule has 2 saturated carbocycles. The third kappa shape index (κ3) is 3.61. The molecule has 2 fully saturated rings. The average molecular weight is 480 g/mol. The van der Waals surface area contributed by atoms with Gasteiger partial charge in [0, 0.05) is 18.4 Å². The quantitative estimate of drug-likeness (QED) is 0.425. The molecular formula is C22H24Br2S. The molecule has 0 aliphatic heterocycles. The summed E-state index contributed by atoms with van der Waals surface area (Å²) < 4.78 is 2.96. The fraction of sp³-hybridized carbons (Fsp3) is 0.455. The predicted molar refractivity (Wildman–Crippen MR) is 116 cm³/mol. The molecule has 0 aromatic heterocycles. The Morgan fingerprint density at radius 1 is 0.640 bits per heavy atom. The van der Waals surface area contributed by atoms with Crippen LogP contribution in [0.1, 0.15) is 62.5 Å². The van der Waals surface area contributed by atoms with E-state index in [4.69, 9.17) is 0 Å². The zero-order chi connectivity index (χ0) is 17.3. The minimum absolute atomic E-state index is 0.274. The predicted octanol–water partition coefficient (Wildman–Crippen LogP) is 8.18. The molecule has 0 amide bonds. The van der Waals surface area contributed by atoms with Crippen LogP contribution in [0.15, 0.2) is 57.5 Å². The van der Waals surface area contributed by atoms with E-state index in [2.05, 4.69) is 92.2 Å². The lowest BCUT2D eigenvalue weighted by molar-refractivity contribution is 0.593. The molecule has 25 heavy (non-hydrogen) atoms. The van der Waals surface area contributed by atoms with E-state index in [1.165, 1.54) is 71.4 Å². The van der Waals surface area contributed by atoms with Gasteiger partial charge in [0.25, 0.3) is 0 Å². The number of halogens is 2. The summed E-state index contributed by atoms with van der Waals surface area (Å²) in [5.74, 6) is 0. The Bertz CT molecular complexity index is 680. The molecule has 0 bridgehead atoms. The highest BCUT2D eigenvalue weighted by atomic mass is 79.9. The van der Waals surface area contributed by atoms with Crippen molar-refractivity contribution in [3.8, 4) is 0 Å². The van der Waals surface area contributed by atoms with Gasteiger partial charge in [-0.25, -0.2) is 0 Å². The third-order valence-corrected chi connectivity index (χ3v) is 8.97. The lowest BCUT2D eigenvalue weighted by Gasteiger charge is -2.40. The van der Waals surface area contributed by atoms with Crippen LogP contribution in [0.4, 0.5) is 0 Å². The Kier molecular flexibility index (Phi) is 5.37. The van der Waals surface area contributed by atoms with Crippen LogP contribution in [0.25, 0.3) is 0 Å². The van der Waals surface area contributed by atoms with Gasteiger partial charge in [-0.3, -0.25) is 0 Å². The first-order valence-corrected chi connectivity index (χ1v) is 11.7. The topological polar surface area (TPSA) is 0 Å². The Balaban J connectivity index is 1.75. The van der Waals surface area contributed by atoms with Crippen LogP contribution >= 0.6 is 43.6 Å². The van der Waals surface area contributed by atoms with E-state index in [0.717, 1.165) is 0 Å². The molecule has 2 aliphatic carbocycles. The van der Waals surface area contributed by atoms with Crippen molar-refractivity contribution in [1.82, 2.24) is 0 Å². The lowest BCUT2D eigenvalue weighted by Crippen LogP contribution is -2.28. The second-order valence-corrected chi connectivity index (χ2v) is 11.1. The van der Waals surface area contributed by atoms with Crippen LogP contribution in [-0.4, -0.2) is 0 Å². The zero-order valence-corrected chi connectivity index (χ0v) is 18.4. The highest BCUT2D eigenvalue weighted by Gasteiger charge is 2.46. The van der Waals surface area contributed by atoms with Crippen molar-refractivity contribution < 1.29 is 0 Å². The number of thioether (sulfide) groups is 1. The van der Waals surface area contributed by atoms with Crippen LogP contribution in [0.3, 0.4) is 0 Å². The van der Waals surface area contributed by atoms with Gasteiger partial charge in [0.2, 0.25) is 0 Å². The molecule has 2 aromatic rings. The van der Waals surface area contributed by atoms with Crippen LogP contribution < -0.4 is 0 Å². The second kappa shape index (κ2) is 7.40. The van der Waals surface area contributed by atoms with Crippen LogP contribution in [0, 0.1) is 0 Å². The lowest BCUT2D eigenvalue weighted by atomic mass is 9.95. The van der Waals surface area contributed by atoms with Gasteiger partial charge in [-0.15, -0.1) is 11.8 Å². The molecule has 2 aliphatic rings. The van der Waals surface area contributed by atoms with Crippen molar-refractivity contribution in [1.29, 1.82) is 0 Å². The molecule has 0 N–H and O–H groups in total. The Morgan fingerprint density at radius 2 is 1.04 bits per heavy atom. The molecule has 2 aromatic carbocycles. The van der Waals surface area contributed by atoms with Crippen LogP contribution in [0.5, 0.6) is 0 Å². The van der Waals surface area contributed by atoms with Gasteiger partial charge in [0.15, 0.2) is 0 Å². The first-order valence-electron chi connectivity index (χ1n) is 9.34. The SMILES string of the molecule is Brc1cccc(C2(SC3(c4cccc(Br)c4)CCCC3)CCCC2)c1. The number of hydrogen-bond donors (Lipinski definition) is 0. The molecule has 132 valence electrons. The highest BCUT2D eigenvalue weighted by molar-refractivity contribution is 9.10. The number of benzene rings is 2. The van der Waals surface area contributed by atoms with Gasteiger partial charge in [-0.2, -0.15) is 0 Å². The first-order chi connectivity index (χ1) is 12.1. The normalized spacial score (nSPS) is 21.5. The molecule has 4 rings (SSSR count). The van der Waals surface area contributed by atoms with E-state index in [1.54, 1.807) is 0 Å². The van der Waals surface area contributed by atoms with Crippen molar-refractivity contribution in [3.63, 3.8) is 0 Å². The smallest absolute Gasteiger partial charge is 0.0417 e. The van der Waals surface area contributed by atoms with Crippen molar-refractivity contribution in [3.05, 3.63) is 68.6 Å². The van der Waals surface area contributed by atoms with E-state index < -0.39 is 0 Å². The minimum atomic E-state index is 0.274. The summed E-state index contributed by atoms with van der Waals surface area (Å²) >= 11 is 9.69. The van der Waals surface area contributed by atoms with Crippen molar-refractivity contribution in [2.75, 3.05) is 0 Å². The summed E-state index contributed by atoms with van der Waals surface area (Å²) in [6, 6.07) is 18.1. The molecule has 0 heterocycles. The van der Waals surface area contributed by atoms with Crippen molar-refractivity contribution in [2.45, 2.75) is 60.9 Å². The van der Waals surface area contributed by atoms with Gasteiger partial charge < -0.3 is 0 Å². The van der Waals surface area contributed by atoms with E-state index in [1.807, 2.05) is 0 Å². The van der Waals surface area contributed by atoms with E-state index in [-0.39, 0.29) is 9.49 Å². The molecular weight excluding hydrogens is 456 g/mol. The number of rotatable bonds is 4. The van der Waals surface area contributed by atoms with Gasteiger partial charge in [-0.05, 0) is 61.1 Å². The van der Waals surface area contributed by atoms with Crippen molar-refractivity contribution >= 4 is 43.6 Å². The molecule has 0 saturated heterocycles. The molecule has 0 spiro atoms. The molecule has 0 unspecified atom stereocenters. The highest BCUT2D eigenvalue weighted by Crippen LogP contribution is 2.62. The fourth-order valence-electron chi connectivity index (χ4n) is 4.71. The average Bonchev–Trinajstić information content (AvgIpc) is 3.26. The summed E-state index contributed by atoms with van der Waals surface area (Å²) in [5, 5.41) is 0. The van der Waals surface area contributed by atoms with Crippen LogP contribution in [0.2, 0.25) is 0 Å². The molecule has 0 radical (unpaired) electrons. The Hall–Kier alpha value is -0.250. The van der Waals surface area contributed by atoms with E-state index in [9.17, 15) is 0 Å². The Morgan fingerprint density at radius 3 is 1.40 bits per heavy atom. The number of hydrogen-bond acceptors (Lipinski definition) is 1. The first kappa shape index (κ1) is 18.1. The fourth-order valence-corrected chi connectivity index (χ4v) is 7.73. The molecule has 3 heteroatoms.